The van der Waals surface area contributed by atoms with Crippen LogP contribution >= 0.6 is 0 Å². The molecule has 10 amide bonds. The monoisotopic (exact) mass is 893 g/mol. The van der Waals surface area contributed by atoms with E-state index in [1.165, 1.54) is 0 Å². The van der Waals surface area contributed by atoms with Gasteiger partial charge in [-0.05, 0) is 45.1 Å². The summed E-state index contributed by atoms with van der Waals surface area (Å²) in [5.74, 6) is -4.45. The molecule has 2 aliphatic heterocycles. The summed E-state index contributed by atoms with van der Waals surface area (Å²) in [6.07, 6.45) is 7.25. The number of carbonyl (C=O) groups is 10. The van der Waals surface area contributed by atoms with Gasteiger partial charge in [-0.2, -0.15) is 0 Å². The van der Waals surface area contributed by atoms with E-state index in [2.05, 4.69) is 26.6 Å². The summed E-state index contributed by atoms with van der Waals surface area (Å²) in [7, 11) is 0. The fourth-order valence-electron chi connectivity index (χ4n) is 5.78. The van der Waals surface area contributed by atoms with Gasteiger partial charge >= 0.3 is 0 Å². The molecule has 0 radical (unpaired) electrons. The molecule has 0 saturated heterocycles. The molecule has 2 atom stereocenters. The van der Waals surface area contributed by atoms with Gasteiger partial charge in [0.25, 0.3) is 23.6 Å². The van der Waals surface area contributed by atoms with Crippen molar-refractivity contribution >= 4 is 59.1 Å². The van der Waals surface area contributed by atoms with Crippen LogP contribution < -0.4 is 38.1 Å². The topological polar surface area (TPSA) is 326 Å². The molecule has 23 nitrogen and oxygen atoms in total. The number of hydrogen-bond acceptors (Lipinski definition) is 15. The first-order valence-corrected chi connectivity index (χ1v) is 21.1. The second-order valence-corrected chi connectivity index (χ2v) is 14.2. The maximum atomic E-state index is 13.2. The second-order valence-electron chi connectivity index (χ2n) is 14.2. The first-order valence-electron chi connectivity index (χ1n) is 21.1. The quantitative estimate of drug-likeness (QED) is 0.0236. The number of imide groups is 2. The fraction of sp³-hybridized carbons (Fsp3) is 0.650. The molecule has 63 heavy (non-hydrogen) atoms. The predicted octanol–water partition coefficient (Wildman–Crippen LogP) is -3.43. The number of nitrogens with zero attached hydrogens (tertiary/aromatic N) is 2. The van der Waals surface area contributed by atoms with Crippen molar-refractivity contribution in [2.75, 3.05) is 92.1 Å². The Morgan fingerprint density at radius 3 is 1.38 bits per heavy atom. The molecule has 352 valence electrons. The van der Waals surface area contributed by atoms with Crippen LogP contribution in [0.2, 0.25) is 0 Å². The Bertz CT molecular complexity index is 1570. The molecule has 9 N–H and O–H groups in total. The van der Waals surface area contributed by atoms with Crippen molar-refractivity contribution in [1.82, 2.24) is 36.4 Å². The standard InChI is InChI=1S/C40H63N9O14/c41-15-3-1-5-29(39(42)58)47-40(59)30(46-34(53)14-22-61-26-28-63-24-18-45-32(51)12-20-49-37(56)9-10-38(49)57)6-2-4-16-43-33(52)13-21-60-25-27-62-23-17-44-31(50)11-19-48-35(54)7-8-36(48)55/h7-10,29-30H,1-6,11-28,41H2,(H2,42,58)(H,43,52)(H,44,50)(H,45,51)(H,46,53)(H,47,59). The van der Waals surface area contributed by atoms with Crippen molar-refractivity contribution in [1.29, 1.82) is 0 Å². The van der Waals surface area contributed by atoms with E-state index < -0.39 is 53.4 Å². The lowest BCUT2D eigenvalue weighted by Crippen LogP contribution is -2.53. The molecule has 2 aliphatic rings. The zero-order valence-corrected chi connectivity index (χ0v) is 35.7. The predicted molar refractivity (Wildman–Crippen MR) is 222 cm³/mol. The molecule has 0 aromatic heterocycles. The van der Waals surface area contributed by atoms with E-state index in [4.69, 9.17) is 30.4 Å². The lowest BCUT2D eigenvalue weighted by atomic mass is 10.1. The number of carbonyl (C=O) groups excluding carboxylic acids is 10. The molecule has 0 spiro atoms. The lowest BCUT2D eigenvalue weighted by Gasteiger charge is -2.22. The molecular formula is C40H63N9O14. The summed E-state index contributed by atoms with van der Waals surface area (Å²) in [6, 6.07) is -1.93. The van der Waals surface area contributed by atoms with Crippen LogP contribution in [0, 0.1) is 0 Å². The molecule has 2 heterocycles. The van der Waals surface area contributed by atoms with Crippen LogP contribution in [-0.2, 0) is 66.9 Å². The zero-order valence-electron chi connectivity index (χ0n) is 35.7. The molecular weight excluding hydrogens is 830 g/mol. The van der Waals surface area contributed by atoms with Gasteiger partial charge in [-0.1, -0.05) is 0 Å². The molecule has 0 fully saturated rings. The average Bonchev–Trinajstić information content (AvgIpc) is 3.75. The van der Waals surface area contributed by atoms with Crippen LogP contribution in [-0.4, -0.2) is 173 Å². The molecule has 0 saturated carbocycles. The molecule has 0 aliphatic carbocycles. The summed E-state index contributed by atoms with van der Waals surface area (Å²) in [5, 5.41) is 13.4. The Labute approximate surface area is 366 Å². The summed E-state index contributed by atoms with van der Waals surface area (Å²) >= 11 is 0. The van der Waals surface area contributed by atoms with Gasteiger partial charge in [-0.25, -0.2) is 0 Å². The van der Waals surface area contributed by atoms with Crippen molar-refractivity contribution in [2.45, 2.75) is 76.3 Å². The second kappa shape index (κ2) is 32.1. The van der Waals surface area contributed by atoms with Crippen molar-refractivity contribution in [3.63, 3.8) is 0 Å². The lowest BCUT2D eigenvalue weighted by molar-refractivity contribution is -0.139. The third-order valence-corrected chi connectivity index (χ3v) is 9.25. The van der Waals surface area contributed by atoms with Gasteiger partial charge < -0.3 is 57.0 Å². The van der Waals surface area contributed by atoms with Gasteiger partial charge in [0.05, 0.1) is 52.9 Å². The van der Waals surface area contributed by atoms with Crippen LogP contribution in [0.4, 0.5) is 0 Å². The van der Waals surface area contributed by atoms with E-state index in [9.17, 15) is 47.9 Å². The minimum absolute atomic E-state index is 0.000831. The van der Waals surface area contributed by atoms with Crippen molar-refractivity contribution in [3.8, 4) is 0 Å². The Kier molecular flexibility index (Phi) is 27.3. The number of primary amides is 1. The van der Waals surface area contributed by atoms with E-state index in [1.807, 2.05) is 0 Å². The van der Waals surface area contributed by atoms with E-state index in [0.29, 0.717) is 45.2 Å². The molecule has 23 heteroatoms. The van der Waals surface area contributed by atoms with Crippen molar-refractivity contribution in [2.24, 2.45) is 11.5 Å². The highest BCUT2D eigenvalue weighted by Gasteiger charge is 2.26. The summed E-state index contributed by atoms with van der Waals surface area (Å²) in [5.41, 5.74) is 11.1. The van der Waals surface area contributed by atoms with Gasteiger partial charge in [0.2, 0.25) is 35.4 Å². The maximum absolute atomic E-state index is 13.2. The normalized spacial score (nSPS) is 14.2. The highest BCUT2D eigenvalue weighted by Crippen LogP contribution is 2.07. The van der Waals surface area contributed by atoms with Crippen LogP contribution in [0.5, 0.6) is 0 Å². The number of amides is 10. The first-order chi connectivity index (χ1) is 30.3. The van der Waals surface area contributed by atoms with Crippen LogP contribution in [0.15, 0.2) is 24.3 Å². The Hall–Kier alpha value is -5.62. The number of nitrogens with one attached hydrogen (secondary N) is 5. The first kappa shape index (κ1) is 53.5. The molecule has 0 aromatic rings. The van der Waals surface area contributed by atoms with E-state index in [1.54, 1.807) is 0 Å². The van der Waals surface area contributed by atoms with Gasteiger partial charge in [-0.3, -0.25) is 57.7 Å². The highest BCUT2D eigenvalue weighted by atomic mass is 16.5. The Morgan fingerprint density at radius 1 is 0.492 bits per heavy atom. The van der Waals surface area contributed by atoms with Crippen LogP contribution in [0.1, 0.15) is 64.2 Å². The highest BCUT2D eigenvalue weighted by molar-refractivity contribution is 6.13. The Balaban J connectivity index is 1.58. The largest absolute Gasteiger partial charge is 0.379 e. The molecule has 0 aromatic carbocycles. The summed E-state index contributed by atoms with van der Waals surface area (Å²) < 4.78 is 21.7. The number of nitrogens with two attached hydrogens (primary N) is 2. The smallest absolute Gasteiger partial charge is 0.253 e. The Morgan fingerprint density at radius 2 is 0.905 bits per heavy atom. The van der Waals surface area contributed by atoms with Crippen molar-refractivity contribution in [3.05, 3.63) is 24.3 Å². The van der Waals surface area contributed by atoms with Crippen LogP contribution in [0.3, 0.4) is 0 Å². The van der Waals surface area contributed by atoms with Gasteiger partial charge in [0.1, 0.15) is 12.1 Å². The number of rotatable bonds is 37. The van der Waals surface area contributed by atoms with E-state index in [0.717, 1.165) is 34.1 Å². The summed E-state index contributed by atoms with van der Waals surface area (Å²) in [4.78, 5) is 122. The molecule has 2 rings (SSSR count). The SMILES string of the molecule is NCCCCC(NC(=O)C(CCCCNC(=O)CCOCCOCCNC(=O)CCN1C(=O)C=CC1=O)NC(=O)CCOCCOCCNC(=O)CCN1C(=O)C=CC1=O)C(N)=O. The number of hydrogen-bond donors (Lipinski definition) is 7. The zero-order chi connectivity index (χ0) is 46.2. The minimum atomic E-state index is -0.987. The number of unbranched alkanes of at least 4 members (excludes halogenated alkanes) is 2. The van der Waals surface area contributed by atoms with Gasteiger partial charge in [-0.15, -0.1) is 0 Å². The molecule has 2 unspecified atom stereocenters. The van der Waals surface area contributed by atoms with Crippen LogP contribution in [0.25, 0.3) is 0 Å². The van der Waals surface area contributed by atoms with Crippen molar-refractivity contribution < 1.29 is 66.9 Å². The number of ether oxygens (including phenoxy) is 4. The van der Waals surface area contributed by atoms with Gasteiger partial charge in [0, 0.05) is 82.7 Å². The third-order valence-electron chi connectivity index (χ3n) is 9.25. The average molecular weight is 894 g/mol. The summed E-state index contributed by atoms with van der Waals surface area (Å²) in [6.45, 7) is 2.55. The van der Waals surface area contributed by atoms with Gasteiger partial charge in [0.15, 0.2) is 0 Å². The van der Waals surface area contributed by atoms with E-state index >= 15 is 0 Å². The third kappa shape index (κ3) is 24.0. The van der Waals surface area contributed by atoms with E-state index in [-0.39, 0.29) is 129 Å². The maximum Gasteiger partial charge on any atom is 0.253 e. The fourth-order valence-corrected chi connectivity index (χ4v) is 5.78. The molecule has 0 bridgehead atoms. The minimum Gasteiger partial charge on any atom is -0.379 e.